The minimum Gasteiger partial charge on any atom is -0.354 e. The average Bonchev–Trinajstić information content (AvgIpc) is 2.69. The highest BCUT2D eigenvalue weighted by atomic mass is 19.1. The average molecular weight is 349 g/mol. The van der Waals surface area contributed by atoms with Crippen molar-refractivity contribution < 1.29 is 4.39 Å². The van der Waals surface area contributed by atoms with Crippen LogP contribution in [0.1, 0.15) is 0 Å². The third kappa shape index (κ3) is 3.41. The number of benzene rings is 1. The molecule has 0 aliphatic carbocycles. The summed E-state index contributed by atoms with van der Waals surface area (Å²) in [4.78, 5) is 18.2. The van der Waals surface area contributed by atoms with Gasteiger partial charge < -0.3 is 9.80 Å². The normalized spacial score (nSPS) is 15.2. The number of hydrogen-bond donors (Lipinski definition) is 0. The number of piperazine rings is 1. The maximum absolute atomic E-state index is 14.3. The molecular weight excluding hydrogens is 329 g/mol. The molecule has 26 heavy (non-hydrogen) atoms. The van der Waals surface area contributed by atoms with Gasteiger partial charge in [0.15, 0.2) is 5.82 Å². The number of hydrogen-bond acceptors (Lipinski definition) is 5. The van der Waals surface area contributed by atoms with Crippen LogP contribution in [0.5, 0.6) is 0 Å². The van der Waals surface area contributed by atoms with E-state index in [1.165, 1.54) is 6.07 Å². The number of aromatic nitrogens is 3. The number of rotatable bonds is 3. The summed E-state index contributed by atoms with van der Waals surface area (Å²) in [6, 6.07) is 14.2. The molecule has 3 aromatic rings. The van der Waals surface area contributed by atoms with Crippen molar-refractivity contribution in [3.05, 3.63) is 60.5 Å². The van der Waals surface area contributed by atoms with Gasteiger partial charge >= 0.3 is 0 Å². The van der Waals surface area contributed by atoms with Gasteiger partial charge in [-0.15, -0.1) is 0 Å². The Morgan fingerprint density at radius 1 is 0.885 bits per heavy atom. The number of nitrogens with zero attached hydrogens (tertiary/aromatic N) is 5. The first-order chi connectivity index (χ1) is 12.7. The van der Waals surface area contributed by atoms with E-state index >= 15 is 0 Å². The van der Waals surface area contributed by atoms with Crippen molar-refractivity contribution in [3.63, 3.8) is 0 Å². The van der Waals surface area contributed by atoms with Crippen molar-refractivity contribution in [2.24, 2.45) is 0 Å². The highest BCUT2D eigenvalue weighted by Gasteiger charge is 2.19. The minimum atomic E-state index is -0.289. The summed E-state index contributed by atoms with van der Waals surface area (Å²) in [5, 5.41) is 0. The molecule has 3 heterocycles. The topological polar surface area (TPSA) is 45.2 Å². The fourth-order valence-corrected chi connectivity index (χ4v) is 3.05. The Hall–Kier alpha value is -2.86. The van der Waals surface area contributed by atoms with Crippen LogP contribution in [0.25, 0.3) is 22.8 Å². The van der Waals surface area contributed by atoms with E-state index in [9.17, 15) is 4.39 Å². The summed E-state index contributed by atoms with van der Waals surface area (Å²) in [7, 11) is 2.11. The summed E-state index contributed by atoms with van der Waals surface area (Å²) < 4.78 is 14.3. The molecule has 6 heteroatoms. The number of pyridine rings is 1. The lowest BCUT2D eigenvalue weighted by Gasteiger charge is -2.33. The summed E-state index contributed by atoms with van der Waals surface area (Å²) in [6.07, 6.45) is 1.71. The highest BCUT2D eigenvalue weighted by molar-refractivity contribution is 5.67. The van der Waals surface area contributed by atoms with E-state index in [1.54, 1.807) is 18.3 Å². The maximum Gasteiger partial charge on any atom is 0.180 e. The molecular formula is C20H20FN5. The zero-order valence-corrected chi connectivity index (χ0v) is 14.6. The molecule has 1 aromatic carbocycles. The van der Waals surface area contributed by atoms with Crippen molar-refractivity contribution in [3.8, 4) is 22.8 Å². The smallest absolute Gasteiger partial charge is 0.180 e. The SMILES string of the molecule is CN1CCN(c2cc(-c3ccccc3F)nc(-c3ccccn3)n2)CC1. The Morgan fingerprint density at radius 2 is 1.65 bits per heavy atom. The lowest BCUT2D eigenvalue weighted by Crippen LogP contribution is -2.44. The zero-order chi connectivity index (χ0) is 17.9. The number of likely N-dealkylation sites (N-methyl/N-ethyl adjacent to an activating group) is 1. The van der Waals surface area contributed by atoms with Gasteiger partial charge in [0.25, 0.3) is 0 Å². The second kappa shape index (κ2) is 7.17. The standard InChI is InChI=1S/C20H20FN5/c1-25-10-12-26(13-11-25)19-14-18(15-6-2-3-7-16(15)21)23-20(24-19)17-8-4-5-9-22-17/h2-9,14H,10-13H2,1H3. The molecule has 5 nitrogen and oxygen atoms in total. The van der Waals surface area contributed by atoms with E-state index < -0.39 is 0 Å². The van der Waals surface area contributed by atoms with Crippen molar-refractivity contribution >= 4 is 5.82 Å². The Morgan fingerprint density at radius 3 is 2.38 bits per heavy atom. The Bertz CT molecular complexity index is 892. The van der Waals surface area contributed by atoms with Crippen LogP contribution in [0.15, 0.2) is 54.7 Å². The van der Waals surface area contributed by atoms with Crippen LogP contribution in [-0.4, -0.2) is 53.1 Å². The van der Waals surface area contributed by atoms with Gasteiger partial charge in [-0.3, -0.25) is 4.98 Å². The third-order valence-electron chi connectivity index (χ3n) is 4.58. The third-order valence-corrected chi connectivity index (χ3v) is 4.58. The maximum atomic E-state index is 14.3. The van der Waals surface area contributed by atoms with E-state index in [4.69, 9.17) is 4.98 Å². The summed E-state index contributed by atoms with van der Waals surface area (Å²) in [5.74, 6) is 1.04. The number of halogens is 1. The second-order valence-corrected chi connectivity index (χ2v) is 6.42. The van der Waals surface area contributed by atoms with Gasteiger partial charge in [0.2, 0.25) is 0 Å². The molecule has 0 atom stereocenters. The van der Waals surface area contributed by atoms with Crippen LogP contribution in [0.4, 0.5) is 10.2 Å². The van der Waals surface area contributed by atoms with E-state index in [0.29, 0.717) is 22.8 Å². The lowest BCUT2D eigenvalue weighted by atomic mass is 10.1. The van der Waals surface area contributed by atoms with Crippen LogP contribution in [0.3, 0.4) is 0 Å². The van der Waals surface area contributed by atoms with Crippen LogP contribution in [0.2, 0.25) is 0 Å². The van der Waals surface area contributed by atoms with Gasteiger partial charge in [-0.05, 0) is 31.3 Å². The molecule has 0 saturated carbocycles. The Balaban J connectivity index is 1.81. The molecule has 132 valence electrons. The van der Waals surface area contributed by atoms with Gasteiger partial charge in [0, 0.05) is 44.0 Å². The lowest BCUT2D eigenvalue weighted by molar-refractivity contribution is 0.312. The Labute approximate surface area is 152 Å². The molecule has 1 aliphatic rings. The molecule has 4 rings (SSSR count). The molecule has 0 radical (unpaired) electrons. The van der Waals surface area contributed by atoms with Crippen molar-refractivity contribution in [1.29, 1.82) is 0 Å². The number of anilines is 1. The zero-order valence-electron chi connectivity index (χ0n) is 14.6. The van der Waals surface area contributed by atoms with E-state index in [-0.39, 0.29) is 5.82 Å². The summed E-state index contributed by atoms with van der Waals surface area (Å²) in [6.45, 7) is 3.70. The van der Waals surface area contributed by atoms with E-state index in [1.807, 2.05) is 30.3 Å². The van der Waals surface area contributed by atoms with E-state index in [2.05, 4.69) is 26.8 Å². The predicted molar refractivity (Wildman–Crippen MR) is 100 cm³/mol. The van der Waals surface area contributed by atoms with Gasteiger partial charge in [0.05, 0.1) is 5.69 Å². The fourth-order valence-electron chi connectivity index (χ4n) is 3.05. The molecule has 0 spiro atoms. The fraction of sp³-hybridized carbons (Fsp3) is 0.250. The van der Waals surface area contributed by atoms with E-state index in [0.717, 1.165) is 32.0 Å². The molecule has 1 fully saturated rings. The minimum absolute atomic E-state index is 0.289. The first-order valence-electron chi connectivity index (χ1n) is 8.69. The first kappa shape index (κ1) is 16.6. The highest BCUT2D eigenvalue weighted by Crippen LogP contribution is 2.27. The van der Waals surface area contributed by atoms with Crippen molar-refractivity contribution in [1.82, 2.24) is 19.9 Å². The van der Waals surface area contributed by atoms with Crippen molar-refractivity contribution in [2.75, 3.05) is 38.1 Å². The van der Waals surface area contributed by atoms with Gasteiger partial charge in [-0.2, -0.15) is 0 Å². The molecule has 0 bridgehead atoms. The molecule has 2 aromatic heterocycles. The summed E-state index contributed by atoms with van der Waals surface area (Å²) in [5.41, 5.74) is 1.73. The summed E-state index contributed by atoms with van der Waals surface area (Å²) >= 11 is 0. The molecule has 0 unspecified atom stereocenters. The van der Waals surface area contributed by atoms with Crippen molar-refractivity contribution in [2.45, 2.75) is 0 Å². The second-order valence-electron chi connectivity index (χ2n) is 6.42. The van der Waals surface area contributed by atoms with Gasteiger partial charge in [-0.1, -0.05) is 18.2 Å². The van der Waals surface area contributed by atoms with Crippen LogP contribution in [-0.2, 0) is 0 Å². The first-order valence-corrected chi connectivity index (χ1v) is 8.69. The molecule has 0 amide bonds. The monoisotopic (exact) mass is 349 g/mol. The van der Waals surface area contributed by atoms with Gasteiger partial charge in [0.1, 0.15) is 17.3 Å². The molecule has 0 N–H and O–H groups in total. The quantitative estimate of drug-likeness (QED) is 0.727. The molecule has 1 saturated heterocycles. The van der Waals surface area contributed by atoms with Crippen LogP contribution in [0, 0.1) is 5.82 Å². The largest absolute Gasteiger partial charge is 0.354 e. The Kier molecular flexibility index (Phi) is 4.58. The van der Waals surface area contributed by atoms with Crippen LogP contribution < -0.4 is 4.90 Å². The predicted octanol–water partition coefficient (Wildman–Crippen LogP) is 3.10. The molecule has 1 aliphatic heterocycles. The van der Waals surface area contributed by atoms with Crippen LogP contribution >= 0.6 is 0 Å². The van der Waals surface area contributed by atoms with Gasteiger partial charge in [-0.25, -0.2) is 14.4 Å².